The lowest BCUT2D eigenvalue weighted by Gasteiger charge is -2.14. The Hall–Kier alpha value is -1.44. The first-order chi connectivity index (χ1) is 7.13. The van der Waals surface area contributed by atoms with Crippen molar-refractivity contribution in [3.05, 3.63) is 36.4 Å². The molecule has 1 unspecified atom stereocenters. The highest BCUT2D eigenvalue weighted by molar-refractivity contribution is 5.51. The second-order valence-electron chi connectivity index (χ2n) is 3.91. The molecule has 0 aliphatic heterocycles. The number of aromatic hydroxyl groups is 1. The van der Waals surface area contributed by atoms with Gasteiger partial charge in [-0.3, -0.25) is 0 Å². The molecule has 2 N–H and O–H groups in total. The summed E-state index contributed by atoms with van der Waals surface area (Å²) in [5, 5.41) is 12.9. The minimum atomic E-state index is 0.343. The van der Waals surface area contributed by atoms with Gasteiger partial charge in [-0.05, 0) is 38.3 Å². The zero-order chi connectivity index (χ0) is 11.3. The average molecular weight is 205 g/mol. The van der Waals surface area contributed by atoms with E-state index in [9.17, 15) is 5.11 Å². The van der Waals surface area contributed by atoms with E-state index in [1.165, 1.54) is 0 Å². The number of anilines is 1. The maximum absolute atomic E-state index is 9.53. The summed E-state index contributed by atoms with van der Waals surface area (Å²) in [7, 11) is 0. The number of hydrogen-bond acceptors (Lipinski definition) is 2. The molecule has 1 aromatic carbocycles. The molecule has 0 heterocycles. The minimum absolute atomic E-state index is 0.343. The molecule has 0 aliphatic rings. The van der Waals surface area contributed by atoms with E-state index in [1.54, 1.807) is 6.07 Å². The van der Waals surface area contributed by atoms with Gasteiger partial charge >= 0.3 is 0 Å². The smallest absolute Gasteiger partial charge is 0.120 e. The Bertz CT molecular complexity index is 333. The molecule has 82 valence electrons. The lowest BCUT2D eigenvalue weighted by atomic mass is 10.1. The van der Waals surface area contributed by atoms with E-state index in [0.717, 1.165) is 24.1 Å². The minimum Gasteiger partial charge on any atom is -0.508 e. The molecule has 0 aliphatic carbocycles. The quantitative estimate of drug-likeness (QED) is 0.721. The second-order valence-corrected chi connectivity index (χ2v) is 3.91. The first-order valence-corrected chi connectivity index (χ1v) is 5.30. The Morgan fingerprint density at radius 3 is 2.87 bits per heavy atom. The lowest BCUT2D eigenvalue weighted by molar-refractivity contribution is 0.471. The van der Waals surface area contributed by atoms with Crippen molar-refractivity contribution in [2.24, 2.45) is 0 Å². The van der Waals surface area contributed by atoms with Crippen LogP contribution in [-0.4, -0.2) is 11.1 Å². The molecule has 2 nitrogen and oxygen atoms in total. The van der Waals surface area contributed by atoms with Crippen molar-refractivity contribution in [3.63, 3.8) is 0 Å². The summed E-state index contributed by atoms with van der Waals surface area (Å²) >= 11 is 0. The van der Waals surface area contributed by atoms with Crippen LogP contribution >= 0.6 is 0 Å². The molecule has 1 rings (SSSR count). The summed E-state index contributed by atoms with van der Waals surface area (Å²) in [6.07, 6.45) is 3.98. The van der Waals surface area contributed by atoms with Gasteiger partial charge in [-0.1, -0.05) is 12.1 Å². The molecular weight excluding hydrogens is 186 g/mol. The van der Waals surface area contributed by atoms with Gasteiger partial charge in [0.25, 0.3) is 0 Å². The van der Waals surface area contributed by atoms with Gasteiger partial charge in [0.15, 0.2) is 0 Å². The highest BCUT2D eigenvalue weighted by Gasteiger charge is 2.02. The Morgan fingerprint density at radius 1 is 1.53 bits per heavy atom. The largest absolute Gasteiger partial charge is 0.508 e. The Morgan fingerprint density at radius 2 is 2.27 bits per heavy atom. The van der Waals surface area contributed by atoms with Crippen LogP contribution in [0, 0.1) is 6.92 Å². The third kappa shape index (κ3) is 3.66. The van der Waals surface area contributed by atoms with Crippen molar-refractivity contribution in [1.82, 2.24) is 0 Å². The Balaban J connectivity index is 2.56. The van der Waals surface area contributed by atoms with Crippen molar-refractivity contribution in [2.45, 2.75) is 32.7 Å². The fraction of sp³-hybridized carbons (Fsp3) is 0.385. The summed E-state index contributed by atoms with van der Waals surface area (Å²) in [6.45, 7) is 7.71. The van der Waals surface area contributed by atoms with Crippen molar-refractivity contribution in [1.29, 1.82) is 0 Å². The van der Waals surface area contributed by atoms with Crippen molar-refractivity contribution in [3.8, 4) is 5.75 Å². The summed E-state index contributed by atoms with van der Waals surface area (Å²) < 4.78 is 0. The number of phenolic OH excluding ortho intramolecular Hbond substituents is 1. The van der Waals surface area contributed by atoms with E-state index >= 15 is 0 Å². The molecule has 0 bridgehead atoms. The molecule has 1 atom stereocenters. The molecule has 1 aromatic rings. The molecule has 0 saturated carbocycles. The van der Waals surface area contributed by atoms with E-state index in [2.05, 4.69) is 18.8 Å². The monoisotopic (exact) mass is 205 g/mol. The van der Waals surface area contributed by atoms with Crippen LogP contribution in [0.15, 0.2) is 30.9 Å². The average Bonchev–Trinajstić information content (AvgIpc) is 2.20. The van der Waals surface area contributed by atoms with Gasteiger partial charge in [0, 0.05) is 17.8 Å². The number of rotatable bonds is 5. The molecule has 0 saturated heterocycles. The summed E-state index contributed by atoms with van der Waals surface area (Å²) in [4.78, 5) is 0. The summed E-state index contributed by atoms with van der Waals surface area (Å²) in [6, 6.07) is 6.06. The highest BCUT2D eigenvalue weighted by atomic mass is 16.3. The highest BCUT2D eigenvalue weighted by Crippen LogP contribution is 2.21. The van der Waals surface area contributed by atoms with E-state index < -0.39 is 0 Å². The van der Waals surface area contributed by atoms with Gasteiger partial charge in [0.1, 0.15) is 5.75 Å². The van der Waals surface area contributed by atoms with Gasteiger partial charge in [0.05, 0.1) is 0 Å². The first-order valence-electron chi connectivity index (χ1n) is 5.30. The van der Waals surface area contributed by atoms with Crippen LogP contribution < -0.4 is 5.32 Å². The van der Waals surface area contributed by atoms with Crippen LogP contribution in [-0.2, 0) is 0 Å². The number of nitrogens with one attached hydrogen (secondary N) is 1. The van der Waals surface area contributed by atoms with E-state index in [1.807, 2.05) is 25.1 Å². The van der Waals surface area contributed by atoms with Crippen LogP contribution in [0.3, 0.4) is 0 Å². The zero-order valence-corrected chi connectivity index (χ0v) is 9.46. The third-order valence-electron chi connectivity index (χ3n) is 2.43. The second kappa shape index (κ2) is 5.44. The number of hydrogen-bond donors (Lipinski definition) is 2. The number of aryl methyl sites for hydroxylation is 1. The van der Waals surface area contributed by atoms with Crippen LogP contribution in [0.25, 0.3) is 0 Å². The molecule has 0 aromatic heterocycles. The van der Waals surface area contributed by atoms with E-state index in [4.69, 9.17) is 0 Å². The molecule has 0 radical (unpaired) electrons. The Kier molecular flexibility index (Phi) is 4.22. The number of allylic oxidation sites excluding steroid dienone is 1. The zero-order valence-electron chi connectivity index (χ0n) is 9.46. The van der Waals surface area contributed by atoms with Crippen LogP contribution in [0.1, 0.15) is 25.3 Å². The summed E-state index contributed by atoms with van der Waals surface area (Å²) in [5.74, 6) is 0.343. The van der Waals surface area contributed by atoms with Crippen molar-refractivity contribution < 1.29 is 5.11 Å². The molecule has 0 amide bonds. The number of benzene rings is 1. The van der Waals surface area contributed by atoms with Gasteiger partial charge in [-0.25, -0.2) is 0 Å². The third-order valence-corrected chi connectivity index (χ3v) is 2.43. The predicted octanol–water partition coefficient (Wildman–Crippen LogP) is 3.47. The lowest BCUT2D eigenvalue weighted by Crippen LogP contribution is -2.14. The normalized spacial score (nSPS) is 12.1. The maximum Gasteiger partial charge on any atom is 0.120 e. The fourth-order valence-electron chi connectivity index (χ4n) is 1.42. The van der Waals surface area contributed by atoms with Crippen LogP contribution in [0.5, 0.6) is 5.75 Å². The Labute approximate surface area is 91.6 Å². The topological polar surface area (TPSA) is 32.3 Å². The van der Waals surface area contributed by atoms with Gasteiger partial charge in [-0.15, -0.1) is 6.58 Å². The molecule has 0 spiro atoms. The SMILES string of the molecule is C=CCCC(C)Nc1ccc(C)c(O)c1. The van der Waals surface area contributed by atoms with Gasteiger partial charge < -0.3 is 10.4 Å². The van der Waals surface area contributed by atoms with E-state index in [-0.39, 0.29) is 0 Å². The van der Waals surface area contributed by atoms with Gasteiger partial charge in [0.2, 0.25) is 0 Å². The van der Waals surface area contributed by atoms with E-state index in [0.29, 0.717) is 11.8 Å². The fourth-order valence-corrected chi connectivity index (χ4v) is 1.42. The van der Waals surface area contributed by atoms with Crippen molar-refractivity contribution >= 4 is 5.69 Å². The summed E-state index contributed by atoms with van der Waals surface area (Å²) in [5.41, 5.74) is 1.87. The maximum atomic E-state index is 9.53. The van der Waals surface area contributed by atoms with Crippen LogP contribution in [0.2, 0.25) is 0 Å². The van der Waals surface area contributed by atoms with Crippen LogP contribution in [0.4, 0.5) is 5.69 Å². The van der Waals surface area contributed by atoms with Gasteiger partial charge in [-0.2, -0.15) is 0 Å². The number of phenols is 1. The molecule has 2 heteroatoms. The molecule has 15 heavy (non-hydrogen) atoms. The molecule has 0 fully saturated rings. The molecular formula is C13H19NO. The first kappa shape index (κ1) is 11.6. The van der Waals surface area contributed by atoms with Crippen molar-refractivity contribution in [2.75, 3.05) is 5.32 Å². The predicted molar refractivity (Wildman–Crippen MR) is 65.4 cm³/mol. The standard InChI is InChI=1S/C13H19NO/c1-4-5-6-11(3)14-12-8-7-10(2)13(15)9-12/h4,7-9,11,14-15H,1,5-6H2,2-3H3.